The molecule has 0 saturated carbocycles. The minimum Gasteiger partial charge on any atom is -0.367 e. The summed E-state index contributed by atoms with van der Waals surface area (Å²) in [6, 6.07) is -2.28. The van der Waals surface area contributed by atoms with Gasteiger partial charge in [0.05, 0.1) is 0 Å². The molecule has 0 aromatic heterocycles. The van der Waals surface area contributed by atoms with Crippen molar-refractivity contribution in [2.75, 3.05) is 0 Å². The van der Waals surface area contributed by atoms with Gasteiger partial charge in [0, 0.05) is 17.4 Å². The third-order valence-corrected chi connectivity index (χ3v) is 2.04. The van der Waals surface area contributed by atoms with E-state index < -0.39 is 22.9 Å². The van der Waals surface area contributed by atoms with Crippen LogP contribution in [-0.2, 0) is 4.79 Å². The first-order valence-electron chi connectivity index (χ1n) is 4.39. The van der Waals surface area contributed by atoms with Crippen molar-refractivity contribution in [2.45, 2.75) is 32.4 Å². The van der Waals surface area contributed by atoms with Crippen LogP contribution in [-0.4, -0.2) is 22.9 Å². The molecule has 0 radical (unpaired) electrons. The first kappa shape index (κ1) is 13.2. The van der Waals surface area contributed by atoms with Crippen molar-refractivity contribution in [3.8, 4) is 0 Å². The van der Waals surface area contributed by atoms with Gasteiger partial charge in [-0.25, -0.2) is 0 Å². The zero-order valence-electron chi connectivity index (χ0n) is 8.54. The summed E-state index contributed by atoms with van der Waals surface area (Å²) < 4.78 is 0. The van der Waals surface area contributed by atoms with Crippen LogP contribution in [0.5, 0.6) is 0 Å². The molecule has 2 unspecified atom stereocenters. The van der Waals surface area contributed by atoms with E-state index in [0.717, 1.165) is 6.08 Å². The molecule has 0 fully saturated rings. The highest BCUT2D eigenvalue weighted by Gasteiger charge is 2.21. The number of nitrogens with two attached hydrogens (primary N) is 1. The van der Waals surface area contributed by atoms with Crippen LogP contribution in [0.3, 0.4) is 0 Å². The van der Waals surface area contributed by atoms with E-state index in [2.05, 4.69) is 5.18 Å². The van der Waals surface area contributed by atoms with Crippen LogP contribution in [0.25, 0.3) is 0 Å². The van der Waals surface area contributed by atoms with Crippen molar-refractivity contribution in [1.82, 2.24) is 0 Å². The fourth-order valence-corrected chi connectivity index (χ4v) is 1.06. The van der Waals surface area contributed by atoms with Crippen molar-refractivity contribution in [1.29, 1.82) is 0 Å². The lowest BCUT2D eigenvalue weighted by Crippen LogP contribution is -2.27. The minimum absolute atomic E-state index is 0.363. The van der Waals surface area contributed by atoms with E-state index in [1.807, 2.05) is 0 Å². The topological polar surface area (TPSA) is 116 Å². The highest BCUT2D eigenvalue weighted by Crippen LogP contribution is 2.12. The Morgan fingerprint density at radius 2 is 2.20 bits per heavy atom. The second-order valence-corrected chi connectivity index (χ2v) is 3.01. The molecule has 0 spiro atoms. The fraction of sp³-hybridized carbons (Fsp3) is 0.625. The SMILES string of the molecule is CC/C(=C\C(N=O)C(N)=O)C(C)[N+](=O)[O-]. The van der Waals surface area contributed by atoms with Crippen molar-refractivity contribution in [2.24, 2.45) is 10.9 Å². The molecule has 7 nitrogen and oxygen atoms in total. The molecule has 0 aliphatic heterocycles. The molecule has 0 saturated heterocycles. The quantitative estimate of drug-likeness (QED) is 0.302. The van der Waals surface area contributed by atoms with Crippen molar-refractivity contribution >= 4 is 5.91 Å². The Hall–Kier alpha value is -1.79. The van der Waals surface area contributed by atoms with Crippen LogP contribution in [0.15, 0.2) is 16.8 Å². The molecule has 0 rings (SSSR count). The summed E-state index contributed by atoms with van der Waals surface area (Å²) in [6.07, 6.45) is 1.52. The van der Waals surface area contributed by atoms with Crippen LogP contribution >= 0.6 is 0 Å². The predicted molar refractivity (Wildman–Crippen MR) is 53.6 cm³/mol. The molecule has 0 bridgehead atoms. The zero-order valence-corrected chi connectivity index (χ0v) is 8.54. The Kier molecular flexibility index (Phi) is 5.14. The van der Waals surface area contributed by atoms with Gasteiger partial charge in [0.2, 0.25) is 11.9 Å². The van der Waals surface area contributed by atoms with Crippen molar-refractivity contribution in [3.63, 3.8) is 0 Å². The van der Waals surface area contributed by atoms with Crippen LogP contribution < -0.4 is 5.73 Å². The summed E-state index contributed by atoms with van der Waals surface area (Å²) in [7, 11) is 0. The smallest absolute Gasteiger partial charge is 0.249 e. The molecule has 2 N–H and O–H groups in total. The zero-order chi connectivity index (χ0) is 12.0. The average molecular weight is 215 g/mol. The Bertz CT molecular complexity index is 300. The molecule has 0 aromatic carbocycles. The van der Waals surface area contributed by atoms with E-state index in [1.165, 1.54) is 6.92 Å². The Balaban J connectivity index is 4.93. The maximum Gasteiger partial charge on any atom is 0.249 e. The van der Waals surface area contributed by atoms with Gasteiger partial charge in [0.1, 0.15) is 0 Å². The predicted octanol–water partition coefficient (Wildman–Crippen LogP) is 0.608. The highest BCUT2D eigenvalue weighted by molar-refractivity contribution is 5.82. The highest BCUT2D eigenvalue weighted by atomic mass is 16.6. The summed E-state index contributed by atoms with van der Waals surface area (Å²) in [4.78, 5) is 30.9. The maximum absolute atomic E-state index is 10.7. The Morgan fingerprint density at radius 3 is 2.47 bits per heavy atom. The van der Waals surface area contributed by atoms with Gasteiger partial charge in [0.15, 0.2) is 6.04 Å². The Morgan fingerprint density at radius 1 is 1.67 bits per heavy atom. The molecule has 0 aliphatic carbocycles. The van der Waals surface area contributed by atoms with E-state index in [1.54, 1.807) is 6.92 Å². The van der Waals surface area contributed by atoms with Crippen LogP contribution in [0, 0.1) is 15.0 Å². The molecule has 7 heteroatoms. The molecule has 2 atom stereocenters. The van der Waals surface area contributed by atoms with Crippen molar-refractivity contribution in [3.05, 3.63) is 26.7 Å². The van der Waals surface area contributed by atoms with E-state index in [0.29, 0.717) is 12.0 Å². The first-order chi connectivity index (χ1) is 6.93. The van der Waals surface area contributed by atoms with Gasteiger partial charge in [-0.15, -0.1) is 4.91 Å². The number of hydrogen-bond donors (Lipinski definition) is 1. The van der Waals surface area contributed by atoms with Gasteiger partial charge in [-0.05, 0) is 12.5 Å². The van der Waals surface area contributed by atoms with Gasteiger partial charge >= 0.3 is 0 Å². The number of carbonyl (C=O) groups is 1. The third kappa shape index (κ3) is 3.84. The van der Waals surface area contributed by atoms with Crippen LogP contribution in [0.4, 0.5) is 0 Å². The van der Waals surface area contributed by atoms with Crippen LogP contribution in [0.1, 0.15) is 20.3 Å². The number of nitro groups is 1. The summed E-state index contributed by atoms with van der Waals surface area (Å²) in [5.74, 6) is -0.911. The molecular formula is C8H13N3O4. The number of carbonyl (C=O) groups excluding carboxylic acids is 1. The molecular weight excluding hydrogens is 202 g/mol. The van der Waals surface area contributed by atoms with E-state index in [-0.39, 0.29) is 0 Å². The normalized spacial score (nSPS) is 15.5. The van der Waals surface area contributed by atoms with Crippen LogP contribution in [0.2, 0.25) is 0 Å². The number of nitrogens with zero attached hydrogens (tertiary/aromatic N) is 2. The number of hydrogen-bond acceptors (Lipinski definition) is 5. The first-order valence-corrected chi connectivity index (χ1v) is 4.39. The lowest BCUT2D eigenvalue weighted by molar-refractivity contribution is -0.508. The number of primary amides is 1. The van der Waals surface area contributed by atoms with Gasteiger partial charge in [-0.1, -0.05) is 12.1 Å². The molecule has 84 valence electrons. The lowest BCUT2D eigenvalue weighted by atomic mass is 10.0. The average Bonchev–Trinajstić information content (AvgIpc) is 2.18. The van der Waals surface area contributed by atoms with E-state index >= 15 is 0 Å². The monoisotopic (exact) mass is 215 g/mol. The van der Waals surface area contributed by atoms with Crippen molar-refractivity contribution < 1.29 is 9.72 Å². The van der Waals surface area contributed by atoms with Gasteiger partial charge in [0.25, 0.3) is 0 Å². The third-order valence-electron chi connectivity index (χ3n) is 2.04. The molecule has 0 aliphatic rings. The van der Waals surface area contributed by atoms with E-state index in [9.17, 15) is 19.8 Å². The molecule has 15 heavy (non-hydrogen) atoms. The minimum atomic E-state index is -1.33. The molecule has 0 aromatic rings. The summed E-state index contributed by atoms with van der Waals surface area (Å²) in [5, 5.41) is 13.0. The maximum atomic E-state index is 10.7. The number of amides is 1. The fourth-order valence-electron chi connectivity index (χ4n) is 1.06. The Labute approximate surface area is 86.5 Å². The molecule has 0 heterocycles. The summed E-state index contributed by atoms with van der Waals surface area (Å²) in [6.45, 7) is 3.06. The summed E-state index contributed by atoms with van der Waals surface area (Å²) >= 11 is 0. The lowest BCUT2D eigenvalue weighted by Gasteiger charge is -2.08. The second kappa shape index (κ2) is 5.84. The van der Waals surface area contributed by atoms with Gasteiger partial charge < -0.3 is 5.73 Å². The second-order valence-electron chi connectivity index (χ2n) is 3.01. The molecule has 1 amide bonds. The van der Waals surface area contributed by atoms with E-state index in [4.69, 9.17) is 5.73 Å². The number of nitroso groups, excluding NO2 is 1. The standard InChI is InChI=1S/C8H13N3O4/c1-3-6(5(2)11(14)15)4-7(10-13)8(9)12/h4-5,7H,3H2,1-2H3,(H2,9,12)/b6-4+. The largest absolute Gasteiger partial charge is 0.367 e. The number of rotatable bonds is 6. The summed E-state index contributed by atoms with van der Waals surface area (Å²) in [5.41, 5.74) is 5.24. The van der Waals surface area contributed by atoms with Gasteiger partial charge in [-0.3, -0.25) is 14.9 Å². The van der Waals surface area contributed by atoms with Gasteiger partial charge in [-0.2, -0.15) is 0 Å².